The number of nitrogens with two attached hydrogens (primary N) is 1. The largest absolute Gasteiger partial charge is 0.461 e. The van der Waals surface area contributed by atoms with E-state index >= 15 is 0 Å². The minimum Gasteiger partial charge on any atom is -0.461 e. The SMILES string of the molecule is COCC(C)N(C)c1nc(N)nc(OC(C)C)n1. The monoisotopic (exact) mass is 255 g/mol. The van der Waals surface area contributed by atoms with E-state index in [2.05, 4.69) is 15.0 Å². The van der Waals surface area contributed by atoms with Gasteiger partial charge in [0.2, 0.25) is 11.9 Å². The summed E-state index contributed by atoms with van der Waals surface area (Å²) in [5, 5.41) is 0. The predicted octanol–water partition coefficient (Wildman–Crippen LogP) is 0.712. The first-order valence-electron chi connectivity index (χ1n) is 5.84. The molecule has 7 nitrogen and oxygen atoms in total. The third kappa shape index (κ3) is 3.99. The summed E-state index contributed by atoms with van der Waals surface area (Å²) in [5.41, 5.74) is 5.65. The second-order valence-electron chi connectivity index (χ2n) is 4.36. The van der Waals surface area contributed by atoms with Crippen molar-refractivity contribution >= 4 is 11.9 Å². The fourth-order valence-corrected chi connectivity index (χ4v) is 1.33. The van der Waals surface area contributed by atoms with Gasteiger partial charge in [-0.3, -0.25) is 0 Å². The quantitative estimate of drug-likeness (QED) is 0.801. The van der Waals surface area contributed by atoms with Crippen LogP contribution in [0.15, 0.2) is 0 Å². The standard InChI is InChI=1S/C11H21N5O2/c1-7(2)18-11-14-9(12)13-10(15-11)16(4)8(3)6-17-5/h7-8H,6H2,1-5H3,(H2,12,13,14,15). The molecule has 1 unspecified atom stereocenters. The maximum atomic E-state index is 5.65. The van der Waals surface area contributed by atoms with E-state index in [9.17, 15) is 0 Å². The van der Waals surface area contributed by atoms with E-state index in [1.54, 1.807) is 7.11 Å². The summed E-state index contributed by atoms with van der Waals surface area (Å²) < 4.78 is 10.5. The normalized spacial score (nSPS) is 12.6. The van der Waals surface area contributed by atoms with Crippen LogP contribution >= 0.6 is 0 Å². The lowest BCUT2D eigenvalue weighted by molar-refractivity contribution is 0.182. The molecule has 0 aliphatic carbocycles. The first-order valence-corrected chi connectivity index (χ1v) is 5.84. The molecular weight excluding hydrogens is 234 g/mol. The van der Waals surface area contributed by atoms with Gasteiger partial charge in [-0.05, 0) is 20.8 Å². The Labute approximate surface area is 107 Å². The summed E-state index contributed by atoms with van der Waals surface area (Å²) in [5.74, 6) is 0.620. The van der Waals surface area contributed by atoms with Crippen LogP contribution in [0, 0.1) is 0 Å². The zero-order valence-corrected chi connectivity index (χ0v) is 11.5. The summed E-state index contributed by atoms with van der Waals surface area (Å²) in [7, 11) is 3.52. The first-order chi connectivity index (χ1) is 8.43. The number of ether oxygens (including phenoxy) is 2. The molecule has 102 valence electrons. The van der Waals surface area contributed by atoms with Crippen molar-refractivity contribution in [2.24, 2.45) is 0 Å². The van der Waals surface area contributed by atoms with Gasteiger partial charge in [0.15, 0.2) is 0 Å². The van der Waals surface area contributed by atoms with Crippen LogP contribution in [0.3, 0.4) is 0 Å². The molecule has 0 saturated carbocycles. The highest BCUT2D eigenvalue weighted by Gasteiger charge is 2.15. The topological polar surface area (TPSA) is 86.4 Å². The molecule has 0 aliphatic heterocycles. The lowest BCUT2D eigenvalue weighted by atomic mass is 10.3. The molecule has 1 heterocycles. The van der Waals surface area contributed by atoms with Gasteiger partial charge in [-0.15, -0.1) is 0 Å². The summed E-state index contributed by atoms with van der Waals surface area (Å²) in [6.07, 6.45) is -0.0126. The van der Waals surface area contributed by atoms with Gasteiger partial charge >= 0.3 is 6.01 Å². The van der Waals surface area contributed by atoms with Crippen molar-refractivity contribution in [3.8, 4) is 6.01 Å². The van der Waals surface area contributed by atoms with E-state index in [0.717, 1.165) is 0 Å². The van der Waals surface area contributed by atoms with Crippen LogP contribution in [0.2, 0.25) is 0 Å². The molecule has 0 radical (unpaired) electrons. The number of likely N-dealkylation sites (N-methyl/N-ethyl adjacent to an activating group) is 1. The number of hydrogen-bond donors (Lipinski definition) is 1. The molecular formula is C11H21N5O2. The highest BCUT2D eigenvalue weighted by Crippen LogP contribution is 2.15. The molecule has 0 amide bonds. The molecule has 0 bridgehead atoms. The van der Waals surface area contributed by atoms with Crippen LogP contribution in [0.4, 0.5) is 11.9 Å². The maximum absolute atomic E-state index is 5.65. The van der Waals surface area contributed by atoms with E-state index in [4.69, 9.17) is 15.2 Å². The number of anilines is 2. The molecule has 1 rings (SSSR count). The van der Waals surface area contributed by atoms with Crippen molar-refractivity contribution in [2.75, 3.05) is 31.4 Å². The zero-order chi connectivity index (χ0) is 13.7. The third-order valence-electron chi connectivity index (χ3n) is 2.35. The van der Waals surface area contributed by atoms with Crippen LogP contribution < -0.4 is 15.4 Å². The summed E-state index contributed by atoms with van der Waals surface area (Å²) in [4.78, 5) is 14.1. The Balaban J connectivity index is 2.91. The van der Waals surface area contributed by atoms with Gasteiger partial charge in [0, 0.05) is 14.2 Å². The molecule has 1 aromatic heterocycles. The van der Waals surface area contributed by atoms with Gasteiger partial charge in [0.25, 0.3) is 0 Å². The van der Waals surface area contributed by atoms with Gasteiger partial charge in [0.1, 0.15) is 0 Å². The van der Waals surface area contributed by atoms with Crippen LogP contribution in [0.5, 0.6) is 6.01 Å². The molecule has 7 heteroatoms. The van der Waals surface area contributed by atoms with E-state index in [0.29, 0.717) is 12.6 Å². The molecule has 0 spiro atoms. The van der Waals surface area contributed by atoms with E-state index in [1.807, 2.05) is 32.7 Å². The Kier molecular flexibility index (Phi) is 5.08. The van der Waals surface area contributed by atoms with Crippen molar-refractivity contribution < 1.29 is 9.47 Å². The van der Waals surface area contributed by atoms with Crippen LogP contribution in [-0.2, 0) is 4.74 Å². The van der Waals surface area contributed by atoms with E-state index in [1.165, 1.54) is 0 Å². The van der Waals surface area contributed by atoms with Gasteiger partial charge in [-0.2, -0.15) is 15.0 Å². The van der Waals surface area contributed by atoms with Crippen molar-refractivity contribution in [1.29, 1.82) is 0 Å². The molecule has 0 saturated heterocycles. The first kappa shape index (κ1) is 14.4. The molecule has 0 fully saturated rings. The van der Waals surface area contributed by atoms with Gasteiger partial charge in [-0.25, -0.2) is 0 Å². The number of nitrogen functional groups attached to an aromatic ring is 1. The van der Waals surface area contributed by atoms with Crippen LogP contribution in [-0.4, -0.2) is 47.9 Å². The average molecular weight is 255 g/mol. The Bertz CT molecular complexity index is 386. The Morgan fingerprint density at radius 2 is 1.89 bits per heavy atom. The van der Waals surface area contributed by atoms with Gasteiger partial charge in [0.05, 0.1) is 18.8 Å². The van der Waals surface area contributed by atoms with Crippen molar-refractivity contribution in [3.05, 3.63) is 0 Å². The minimum atomic E-state index is -0.0126. The second kappa shape index (κ2) is 6.34. The molecule has 2 N–H and O–H groups in total. The number of aromatic nitrogens is 3. The van der Waals surface area contributed by atoms with Crippen LogP contribution in [0.1, 0.15) is 20.8 Å². The molecule has 1 atom stereocenters. The van der Waals surface area contributed by atoms with Crippen molar-refractivity contribution in [3.63, 3.8) is 0 Å². The lowest BCUT2D eigenvalue weighted by Gasteiger charge is -2.24. The number of methoxy groups -OCH3 is 1. The number of nitrogens with zero attached hydrogens (tertiary/aromatic N) is 4. The highest BCUT2D eigenvalue weighted by atomic mass is 16.5. The summed E-state index contributed by atoms with van der Waals surface area (Å²) in [6.45, 7) is 6.38. The summed E-state index contributed by atoms with van der Waals surface area (Å²) in [6, 6.07) is 0.368. The molecule has 1 aromatic rings. The highest BCUT2D eigenvalue weighted by molar-refractivity contribution is 5.36. The van der Waals surface area contributed by atoms with E-state index < -0.39 is 0 Å². The average Bonchev–Trinajstić information content (AvgIpc) is 2.26. The smallest absolute Gasteiger partial charge is 0.323 e. The van der Waals surface area contributed by atoms with Crippen LogP contribution in [0.25, 0.3) is 0 Å². The Morgan fingerprint density at radius 3 is 2.44 bits per heavy atom. The van der Waals surface area contributed by atoms with Crippen molar-refractivity contribution in [1.82, 2.24) is 15.0 Å². The number of rotatable bonds is 6. The minimum absolute atomic E-state index is 0.0126. The van der Waals surface area contributed by atoms with Gasteiger partial charge < -0.3 is 20.1 Å². The Morgan fingerprint density at radius 1 is 1.22 bits per heavy atom. The maximum Gasteiger partial charge on any atom is 0.323 e. The number of hydrogen-bond acceptors (Lipinski definition) is 7. The second-order valence-corrected chi connectivity index (χ2v) is 4.36. The third-order valence-corrected chi connectivity index (χ3v) is 2.35. The lowest BCUT2D eigenvalue weighted by Crippen LogP contribution is -2.34. The summed E-state index contributed by atoms with van der Waals surface area (Å²) >= 11 is 0. The zero-order valence-electron chi connectivity index (χ0n) is 11.5. The van der Waals surface area contributed by atoms with Gasteiger partial charge in [-0.1, -0.05) is 0 Å². The molecule has 18 heavy (non-hydrogen) atoms. The van der Waals surface area contributed by atoms with E-state index in [-0.39, 0.29) is 24.1 Å². The predicted molar refractivity (Wildman–Crippen MR) is 69.7 cm³/mol. The fraction of sp³-hybridized carbons (Fsp3) is 0.727. The van der Waals surface area contributed by atoms with Crippen molar-refractivity contribution in [2.45, 2.75) is 32.9 Å². The fourth-order valence-electron chi connectivity index (χ4n) is 1.33. The molecule has 0 aromatic carbocycles. The Hall–Kier alpha value is -1.63. The molecule has 0 aliphatic rings.